The summed E-state index contributed by atoms with van der Waals surface area (Å²) in [6.07, 6.45) is 3.03. The summed E-state index contributed by atoms with van der Waals surface area (Å²) in [7, 11) is 1.53. The first kappa shape index (κ1) is 29.6. The van der Waals surface area contributed by atoms with Gasteiger partial charge in [0.25, 0.3) is 5.56 Å². The van der Waals surface area contributed by atoms with Crippen molar-refractivity contribution in [3.63, 3.8) is 0 Å². The standard InChI is InChI=1S/C32H36FN3O6/c1-20(2)23-9-4-5-10-24(23)42-25-19-34-30-28(27(25)29(37)21-12-14-22(33)15-13-21)31(38)36(32(39)35(30)3)16-8-18-41-26-11-6-7-17-40-26/h4-5,9-10,12-15,19-20,26,29,37H,6-8,11,16-18H2,1-3H3. The Bertz CT molecular complexity index is 1660. The molecule has 1 aliphatic rings. The number of ether oxygens (including phenoxy) is 3. The first-order chi connectivity index (χ1) is 20.3. The molecule has 1 N–H and O–H groups in total. The number of aryl methyl sites for hydroxylation is 1. The van der Waals surface area contributed by atoms with E-state index in [1.54, 1.807) is 0 Å². The molecule has 0 aliphatic carbocycles. The summed E-state index contributed by atoms with van der Waals surface area (Å²) in [6.45, 7) is 5.15. The molecule has 5 rings (SSSR count). The van der Waals surface area contributed by atoms with Crippen molar-refractivity contribution in [3.8, 4) is 11.5 Å². The van der Waals surface area contributed by atoms with Crippen LogP contribution in [0.5, 0.6) is 11.5 Å². The largest absolute Gasteiger partial charge is 0.455 e. The normalized spacial score (nSPS) is 16.2. The fourth-order valence-corrected chi connectivity index (χ4v) is 5.27. The Morgan fingerprint density at radius 3 is 2.57 bits per heavy atom. The van der Waals surface area contributed by atoms with Gasteiger partial charge in [-0.05, 0) is 60.9 Å². The molecular formula is C32H36FN3O6. The zero-order valence-electron chi connectivity index (χ0n) is 24.1. The monoisotopic (exact) mass is 577 g/mol. The van der Waals surface area contributed by atoms with Crippen molar-refractivity contribution < 1.29 is 23.7 Å². The third-order valence-electron chi connectivity index (χ3n) is 7.54. The maximum absolute atomic E-state index is 14.0. The smallest absolute Gasteiger partial charge is 0.332 e. The second-order valence-corrected chi connectivity index (χ2v) is 10.8. The second-order valence-electron chi connectivity index (χ2n) is 10.8. The zero-order valence-corrected chi connectivity index (χ0v) is 24.1. The van der Waals surface area contributed by atoms with Crippen LogP contribution in [-0.2, 0) is 23.1 Å². The quantitative estimate of drug-likeness (QED) is 0.260. The van der Waals surface area contributed by atoms with Crippen LogP contribution >= 0.6 is 0 Å². The van der Waals surface area contributed by atoms with Crippen molar-refractivity contribution in [2.75, 3.05) is 13.2 Å². The van der Waals surface area contributed by atoms with Gasteiger partial charge in [0.1, 0.15) is 23.3 Å². The van der Waals surface area contributed by atoms with Gasteiger partial charge in [0, 0.05) is 25.8 Å². The number of nitrogens with zero attached hydrogens (tertiary/aromatic N) is 3. The van der Waals surface area contributed by atoms with Crippen molar-refractivity contribution >= 4 is 11.0 Å². The van der Waals surface area contributed by atoms with Gasteiger partial charge in [0.15, 0.2) is 12.0 Å². The third-order valence-corrected chi connectivity index (χ3v) is 7.54. The van der Waals surface area contributed by atoms with Crippen LogP contribution in [0.4, 0.5) is 4.39 Å². The molecule has 4 aromatic rings. The number of fused-ring (bicyclic) bond motifs is 1. The lowest BCUT2D eigenvalue weighted by atomic mass is 9.98. The molecule has 10 heteroatoms. The van der Waals surface area contributed by atoms with Gasteiger partial charge in [0.2, 0.25) is 0 Å². The van der Waals surface area contributed by atoms with E-state index in [4.69, 9.17) is 14.2 Å². The Balaban J connectivity index is 1.60. The highest BCUT2D eigenvalue weighted by Crippen LogP contribution is 2.38. The summed E-state index contributed by atoms with van der Waals surface area (Å²) in [5.41, 5.74) is 0.398. The van der Waals surface area contributed by atoms with Crippen molar-refractivity contribution in [3.05, 3.63) is 98.1 Å². The number of hydrogen-bond acceptors (Lipinski definition) is 7. The van der Waals surface area contributed by atoms with Gasteiger partial charge >= 0.3 is 5.69 Å². The predicted molar refractivity (Wildman–Crippen MR) is 156 cm³/mol. The van der Waals surface area contributed by atoms with Crippen molar-refractivity contribution in [1.29, 1.82) is 0 Å². The molecular weight excluding hydrogens is 541 g/mol. The van der Waals surface area contributed by atoms with Crippen LogP contribution in [0.2, 0.25) is 0 Å². The molecule has 1 fully saturated rings. The highest BCUT2D eigenvalue weighted by Gasteiger charge is 2.26. The number of benzene rings is 2. The number of rotatable bonds is 10. The van der Waals surface area contributed by atoms with Gasteiger partial charge < -0.3 is 19.3 Å². The van der Waals surface area contributed by atoms with Gasteiger partial charge in [-0.3, -0.25) is 13.9 Å². The number of hydrogen-bond donors (Lipinski definition) is 1. The van der Waals surface area contributed by atoms with E-state index in [0.29, 0.717) is 30.9 Å². The van der Waals surface area contributed by atoms with Crippen molar-refractivity contribution in [2.24, 2.45) is 7.05 Å². The first-order valence-electron chi connectivity index (χ1n) is 14.3. The van der Waals surface area contributed by atoms with Crippen LogP contribution in [0.15, 0.2) is 64.3 Å². The maximum Gasteiger partial charge on any atom is 0.332 e. The van der Waals surface area contributed by atoms with Gasteiger partial charge in [-0.1, -0.05) is 44.2 Å². The van der Waals surface area contributed by atoms with Gasteiger partial charge in [-0.2, -0.15) is 0 Å². The molecule has 2 aromatic carbocycles. The first-order valence-corrected chi connectivity index (χ1v) is 14.3. The van der Waals surface area contributed by atoms with Crippen molar-refractivity contribution in [2.45, 2.75) is 64.4 Å². The Kier molecular flexibility index (Phi) is 9.15. The minimum absolute atomic E-state index is 0.0463. The molecule has 0 radical (unpaired) electrons. The van der Waals surface area contributed by atoms with E-state index in [9.17, 15) is 19.1 Å². The Morgan fingerprint density at radius 2 is 1.86 bits per heavy atom. The molecule has 1 saturated heterocycles. The zero-order chi connectivity index (χ0) is 29.8. The summed E-state index contributed by atoms with van der Waals surface area (Å²) in [6, 6.07) is 12.9. The molecule has 1 aliphatic heterocycles. The Morgan fingerprint density at radius 1 is 1.10 bits per heavy atom. The molecule has 2 aromatic heterocycles. The van der Waals surface area contributed by atoms with E-state index in [-0.39, 0.29) is 41.1 Å². The lowest BCUT2D eigenvalue weighted by Crippen LogP contribution is -2.40. The van der Waals surface area contributed by atoms with Crippen LogP contribution in [0, 0.1) is 5.82 Å². The number of aromatic nitrogens is 3. The van der Waals surface area contributed by atoms with Crippen molar-refractivity contribution in [1.82, 2.24) is 14.1 Å². The van der Waals surface area contributed by atoms with Crippen LogP contribution in [-0.4, -0.2) is 38.7 Å². The number of pyridine rings is 1. The van der Waals surface area contributed by atoms with E-state index in [0.717, 1.165) is 29.4 Å². The number of halogens is 1. The summed E-state index contributed by atoms with van der Waals surface area (Å²) >= 11 is 0. The number of aliphatic hydroxyl groups is 1. The molecule has 0 spiro atoms. The van der Waals surface area contributed by atoms with Crippen LogP contribution in [0.1, 0.15) is 68.2 Å². The van der Waals surface area contributed by atoms with Crippen LogP contribution < -0.4 is 16.0 Å². The number of para-hydroxylation sites is 1. The second kappa shape index (κ2) is 13.0. The van der Waals surface area contributed by atoms with Gasteiger partial charge in [-0.15, -0.1) is 0 Å². The maximum atomic E-state index is 14.0. The fraction of sp³-hybridized carbons (Fsp3) is 0.406. The summed E-state index contributed by atoms with van der Waals surface area (Å²) in [4.78, 5) is 31.7. The summed E-state index contributed by atoms with van der Waals surface area (Å²) < 4.78 is 33.9. The van der Waals surface area contributed by atoms with E-state index in [2.05, 4.69) is 4.98 Å². The molecule has 3 heterocycles. The fourth-order valence-electron chi connectivity index (χ4n) is 5.27. The summed E-state index contributed by atoms with van der Waals surface area (Å²) in [5.74, 6) is 0.388. The minimum Gasteiger partial charge on any atom is -0.455 e. The Hall–Kier alpha value is -3.86. The van der Waals surface area contributed by atoms with Crippen LogP contribution in [0.25, 0.3) is 11.0 Å². The Labute approximate surface area is 243 Å². The van der Waals surface area contributed by atoms with Gasteiger partial charge in [0.05, 0.1) is 18.2 Å². The highest BCUT2D eigenvalue weighted by atomic mass is 19.1. The van der Waals surface area contributed by atoms with E-state index < -0.39 is 23.2 Å². The SMILES string of the molecule is CC(C)c1ccccc1Oc1cnc2c(c1C(O)c1ccc(F)cc1)c(=O)n(CCCOC1CCCCO1)c(=O)n2C. The molecule has 2 unspecified atom stereocenters. The molecule has 0 bridgehead atoms. The lowest BCUT2D eigenvalue weighted by molar-refractivity contribution is -0.163. The van der Waals surface area contributed by atoms with Gasteiger partial charge in [-0.25, -0.2) is 14.2 Å². The molecule has 0 amide bonds. The van der Waals surface area contributed by atoms with Crippen LogP contribution in [0.3, 0.4) is 0 Å². The molecule has 222 valence electrons. The lowest BCUT2D eigenvalue weighted by Gasteiger charge is -2.23. The third kappa shape index (κ3) is 6.16. The predicted octanol–water partition coefficient (Wildman–Crippen LogP) is 5.17. The highest BCUT2D eigenvalue weighted by molar-refractivity contribution is 5.81. The average Bonchev–Trinajstić information content (AvgIpc) is 3.00. The molecule has 9 nitrogen and oxygen atoms in total. The molecule has 2 atom stereocenters. The van der Waals surface area contributed by atoms with E-state index in [1.807, 2.05) is 38.1 Å². The topological polar surface area (TPSA) is 105 Å². The number of aliphatic hydroxyl groups excluding tert-OH is 1. The summed E-state index contributed by atoms with van der Waals surface area (Å²) in [5, 5.41) is 11.7. The minimum atomic E-state index is -1.37. The van der Waals surface area contributed by atoms with E-state index in [1.165, 1.54) is 42.1 Å². The average molecular weight is 578 g/mol. The molecule has 0 saturated carbocycles. The molecule has 42 heavy (non-hydrogen) atoms. The van der Waals surface area contributed by atoms with E-state index >= 15 is 0 Å².